The van der Waals surface area contributed by atoms with Crippen LogP contribution in [0, 0.1) is 6.92 Å². The summed E-state index contributed by atoms with van der Waals surface area (Å²) in [4.78, 5) is 17.4. The van der Waals surface area contributed by atoms with Gasteiger partial charge in [-0.2, -0.15) is 5.10 Å². The molecular formula is C33H27Cl3N4O3S. The number of amides is 1. The molecule has 0 atom stereocenters. The molecule has 0 spiro atoms. The number of carbonyl (C=O) groups excluding carboxylic acids is 1. The van der Waals surface area contributed by atoms with Crippen molar-refractivity contribution in [3.63, 3.8) is 0 Å². The zero-order valence-electron chi connectivity index (χ0n) is 23.7. The molecule has 4 aromatic carbocycles. The van der Waals surface area contributed by atoms with Gasteiger partial charge in [-0.05, 0) is 73.5 Å². The predicted octanol–water partition coefficient (Wildman–Crippen LogP) is 9.56. The van der Waals surface area contributed by atoms with Crippen LogP contribution in [0.2, 0.25) is 15.1 Å². The Hall–Kier alpha value is -4.08. The lowest BCUT2D eigenvalue weighted by Gasteiger charge is -2.14. The number of hydrogen-bond donors (Lipinski definition) is 2. The molecule has 5 aromatic rings. The highest BCUT2D eigenvalue weighted by molar-refractivity contribution is 7.14. The number of aromatic nitrogens is 1. The lowest BCUT2D eigenvalue weighted by atomic mass is 10.1. The summed E-state index contributed by atoms with van der Waals surface area (Å²) >= 11 is 20.2. The summed E-state index contributed by atoms with van der Waals surface area (Å²) in [7, 11) is 0. The average molecular weight is 666 g/mol. The molecule has 0 bridgehead atoms. The number of hydrazone groups is 1. The number of nitrogens with zero attached hydrogens (tertiary/aromatic N) is 2. The highest BCUT2D eigenvalue weighted by Gasteiger charge is 2.14. The van der Waals surface area contributed by atoms with Crippen LogP contribution in [-0.4, -0.2) is 23.7 Å². The standard InChI is InChI=1S/C33H27Cl3N4O3S/c1-3-42-30-16-22(15-28(36)31(30)43-18-21-6-13-26(34)27(35)14-21)17-37-40-32(41)24-9-7-23(8-10-24)29-19-44-33(39-29)38-25-11-4-20(2)5-12-25/h4-17,19H,3,18H2,1-2H3,(H,38,39)(H,40,41)/b37-17-. The molecule has 11 heteroatoms. The molecule has 0 aliphatic carbocycles. The molecule has 224 valence electrons. The van der Waals surface area contributed by atoms with Crippen molar-refractivity contribution in [3.8, 4) is 22.8 Å². The number of nitrogens with one attached hydrogen (secondary N) is 2. The van der Waals surface area contributed by atoms with Gasteiger partial charge in [0.1, 0.15) is 6.61 Å². The fraction of sp³-hybridized carbons (Fsp3) is 0.121. The summed E-state index contributed by atoms with van der Waals surface area (Å²) in [6.45, 7) is 4.53. The number of aryl methyl sites for hydroxylation is 1. The van der Waals surface area contributed by atoms with Crippen molar-refractivity contribution in [3.05, 3.63) is 122 Å². The van der Waals surface area contributed by atoms with E-state index in [9.17, 15) is 4.79 Å². The van der Waals surface area contributed by atoms with E-state index in [2.05, 4.69) is 20.8 Å². The Morgan fingerprint density at radius 3 is 2.43 bits per heavy atom. The summed E-state index contributed by atoms with van der Waals surface area (Å²) < 4.78 is 11.7. The van der Waals surface area contributed by atoms with Crippen LogP contribution in [0.3, 0.4) is 0 Å². The Labute approximate surface area is 274 Å². The van der Waals surface area contributed by atoms with Gasteiger partial charge in [0.25, 0.3) is 5.91 Å². The summed E-state index contributed by atoms with van der Waals surface area (Å²) in [5, 5.41) is 11.4. The van der Waals surface area contributed by atoms with E-state index in [0.29, 0.717) is 44.3 Å². The highest BCUT2D eigenvalue weighted by Crippen LogP contribution is 2.37. The maximum absolute atomic E-state index is 12.7. The van der Waals surface area contributed by atoms with Crippen molar-refractivity contribution in [2.24, 2.45) is 5.10 Å². The van der Waals surface area contributed by atoms with Crippen LogP contribution < -0.4 is 20.2 Å². The van der Waals surface area contributed by atoms with Crippen LogP contribution in [0.15, 0.2) is 89.3 Å². The van der Waals surface area contributed by atoms with Crippen LogP contribution >= 0.6 is 46.1 Å². The summed E-state index contributed by atoms with van der Waals surface area (Å²) in [6.07, 6.45) is 1.49. The van der Waals surface area contributed by atoms with Gasteiger partial charge in [-0.3, -0.25) is 4.79 Å². The maximum Gasteiger partial charge on any atom is 0.271 e. The minimum absolute atomic E-state index is 0.215. The molecule has 0 fully saturated rings. The van der Waals surface area contributed by atoms with Gasteiger partial charge in [-0.15, -0.1) is 11.3 Å². The summed E-state index contributed by atoms with van der Waals surface area (Å²) in [5.41, 5.74) is 8.35. The Morgan fingerprint density at radius 2 is 1.70 bits per heavy atom. The van der Waals surface area contributed by atoms with E-state index in [1.807, 2.05) is 61.7 Å². The molecule has 5 rings (SSSR count). The summed E-state index contributed by atoms with van der Waals surface area (Å²) in [5.74, 6) is 0.479. The topological polar surface area (TPSA) is 84.8 Å². The molecule has 44 heavy (non-hydrogen) atoms. The third kappa shape index (κ3) is 8.09. The predicted molar refractivity (Wildman–Crippen MR) is 180 cm³/mol. The second-order valence-electron chi connectivity index (χ2n) is 9.61. The quantitative estimate of drug-likeness (QED) is 0.108. The molecule has 0 aliphatic rings. The normalized spacial score (nSPS) is 11.0. The van der Waals surface area contributed by atoms with E-state index < -0.39 is 0 Å². The van der Waals surface area contributed by atoms with E-state index in [0.717, 1.165) is 27.6 Å². The van der Waals surface area contributed by atoms with Crippen LogP contribution in [0.25, 0.3) is 11.3 Å². The average Bonchev–Trinajstić information content (AvgIpc) is 3.48. The molecule has 1 aromatic heterocycles. The van der Waals surface area contributed by atoms with E-state index in [1.165, 1.54) is 23.1 Å². The SMILES string of the molecule is CCOc1cc(/C=N\NC(=O)c2ccc(-c3csc(Nc4ccc(C)cc4)n3)cc2)cc(Cl)c1OCc1ccc(Cl)c(Cl)c1. The van der Waals surface area contributed by atoms with Gasteiger partial charge in [0.2, 0.25) is 0 Å². The largest absolute Gasteiger partial charge is 0.490 e. The number of hydrogen-bond acceptors (Lipinski definition) is 7. The second-order valence-corrected chi connectivity index (χ2v) is 11.7. The van der Waals surface area contributed by atoms with Gasteiger partial charge in [0.15, 0.2) is 16.6 Å². The van der Waals surface area contributed by atoms with Crippen LogP contribution in [0.5, 0.6) is 11.5 Å². The van der Waals surface area contributed by atoms with E-state index >= 15 is 0 Å². The second kappa shape index (κ2) is 14.6. The van der Waals surface area contributed by atoms with E-state index in [1.54, 1.807) is 36.4 Å². The van der Waals surface area contributed by atoms with Gasteiger partial charge < -0.3 is 14.8 Å². The number of rotatable bonds is 11. The minimum atomic E-state index is -0.356. The Balaban J connectivity index is 1.20. The number of ether oxygens (including phenoxy) is 2. The number of carbonyl (C=O) groups is 1. The van der Waals surface area contributed by atoms with Gasteiger partial charge in [0, 0.05) is 22.2 Å². The lowest BCUT2D eigenvalue weighted by Crippen LogP contribution is -2.17. The first kappa shape index (κ1) is 31.3. The van der Waals surface area contributed by atoms with Gasteiger partial charge in [0.05, 0.1) is 33.6 Å². The van der Waals surface area contributed by atoms with E-state index in [4.69, 9.17) is 44.3 Å². The monoisotopic (exact) mass is 664 g/mol. The number of anilines is 2. The van der Waals surface area contributed by atoms with Crippen molar-refractivity contribution < 1.29 is 14.3 Å². The van der Waals surface area contributed by atoms with Gasteiger partial charge >= 0.3 is 0 Å². The third-order valence-electron chi connectivity index (χ3n) is 6.33. The fourth-order valence-corrected chi connectivity index (χ4v) is 5.43. The molecule has 0 saturated carbocycles. The van der Waals surface area contributed by atoms with Crippen LogP contribution in [0.4, 0.5) is 10.8 Å². The van der Waals surface area contributed by atoms with Crippen molar-refractivity contribution in [2.75, 3.05) is 11.9 Å². The molecule has 0 unspecified atom stereocenters. The zero-order chi connectivity index (χ0) is 31.1. The Morgan fingerprint density at radius 1 is 0.932 bits per heavy atom. The molecular weight excluding hydrogens is 639 g/mol. The smallest absolute Gasteiger partial charge is 0.271 e. The highest BCUT2D eigenvalue weighted by atomic mass is 35.5. The van der Waals surface area contributed by atoms with Crippen LogP contribution in [-0.2, 0) is 6.61 Å². The number of thiazole rings is 1. The number of halogens is 3. The molecule has 2 N–H and O–H groups in total. The van der Waals surface area contributed by atoms with Crippen LogP contribution in [0.1, 0.15) is 34.0 Å². The van der Waals surface area contributed by atoms with Crippen molar-refractivity contribution in [2.45, 2.75) is 20.5 Å². The molecule has 1 heterocycles. The Bertz CT molecular complexity index is 1790. The minimum Gasteiger partial charge on any atom is -0.490 e. The lowest BCUT2D eigenvalue weighted by molar-refractivity contribution is 0.0955. The Kier molecular flexibility index (Phi) is 10.4. The first-order valence-electron chi connectivity index (χ1n) is 13.5. The first-order valence-corrected chi connectivity index (χ1v) is 15.6. The van der Waals surface area contributed by atoms with Crippen molar-refractivity contribution >= 4 is 69.1 Å². The third-order valence-corrected chi connectivity index (χ3v) is 8.11. The van der Waals surface area contributed by atoms with Gasteiger partial charge in [-0.1, -0.05) is 70.7 Å². The first-order chi connectivity index (χ1) is 21.3. The molecule has 0 radical (unpaired) electrons. The van der Waals surface area contributed by atoms with Gasteiger partial charge in [-0.25, -0.2) is 10.4 Å². The maximum atomic E-state index is 12.7. The number of benzene rings is 4. The molecule has 0 saturated heterocycles. The summed E-state index contributed by atoms with van der Waals surface area (Å²) in [6, 6.07) is 24.0. The molecule has 0 aliphatic heterocycles. The zero-order valence-corrected chi connectivity index (χ0v) is 26.8. The fourth-order valence-electron chi connectivity index (χ4n) is 4.10. The van der Waals surface area contributed by atoms with Crippen molar-refractivity contribution in [1.29, 1.82) is 0 Å². The molecule has 1 amide bonds. The van der Waals surface area contributed by atoms with E-state index in [-0.39, 0.29) is 12.5 Å². The molecule has 7 nitrogen and oxygen atoms in total. The van der Waals surface area contributed by atoms with Crippen molar-refractivity contribution in [1.82, 2.24) is 10.4 Å².